The standard InChI is InChI=1S/C25H34N4O2/c1-25(2)24(31)29-13-12-27(17-22(29)23(30)26-25)15-19-16-28(14-18-8-4-3-5-9-18)21-11-7-6-10-20(19)21/h6-7,10-11,16,18,22H,3-5,8-9,12-15,17H2,1-2H3,(H,26,30). The summed E-state index contributed by atoms with van der Waals surface area (Å²) in [5.41, 5.74) is 1.83. The van der Waals surface area contributed by atoms with Gasteiger partial charge in [0.25, 0.3) is 0 Å². The molecule has 6 nitrogen and oxygen atoms in total. The summed E-state index contributed by atoms with van der Waals surface area (Å²) >= 11 is 0. The lowest BCUT2D eigenvalue weighted by atomic mass is 9.89. The summed E-state index contributed by atoms with van der Waals surface area (Å²) in [5.74, 6) is 0.774. The second-order valence-corrected chi connectivity index (χ2v) is 10.2. The Morgan fingerprint density at radius 3 is 2.65 bits per heavy atom. The summed E-state index contributed by atoms with van der Waals surface area (Å²) in [6, 6.07) is 8.31. The van der Waals surface area contributed by atoms with Crippen LogP contribution in [0.5, 0.6) is 0 Å². The predicted molar refractivity (Wildman–Crippen MR) is 122 cm³/mol. The molecule has 1 N–H and O–H groups in total. The first-order chi connectivity index (χ1) is 14.9. The van der Waals surface area contributed by atoms with E-state index in [0.717, 1.165) is 25.6 Å². The van der Waals surface area contributed by atoms with Gasteiger partial charge in [0.2, 0.25) is 11.8 Å². The number of amides is 2. The topological polar surface area (TPSA) is 57.6 Å². The Balaban J connectivity index is 1.34. The molecule has 3 heterocycles. The molecule has 0 spiro atoms. The zero-order chi connectivity index (χ0) is 21.6. The van der Waals surface area contributed by atoms with Crippen LogP contribution in [0.3, 0.4) is 0 Å². The van der Waals surface area contributed by atoms with Crippen LogP contribution in [0.4, 0.5) is 0 Å². The molecule has 0 radical (unpaired) electrons. The van der Waals surface area contributed by atoms with Crippen LogP contribution < -0.4 is 5.32 Å². The van der Waals surface area contributed by atoms with Gasteiger partial charge in [-0.2, -0.15) is 0 Å². The molecule has 166 valence electrons. The third-order valence-corrected chi connectivity index (χ3v) is 7.44. The third-order valence-electron chi connectivity index (χ3n) is 7.44. The number of aromatic nitrogens is 1. The monoisotopic (exact) mass is 422 g/mol. The van der Waals surface area contributed by atoms with Crippen molar-refractivity contribution in [1.29, 1.82) is 0 Å². The highest BCUT2D eigenvalue weighted by molar-refractivity contribution is 5.99. The summed E-state index contributed by atoms with van der Waals surface area (Å²) in [5, 5.41) is 4.22. The number of hydrogen-bond donors (Lipinski definition) is 1. The van der Waals surface area contributed by atoms with E-state index < -0.39 is 5.54 Å². The van der Waals surface area contributed by atoms with Gasteiger partial charge in [-0.3, -0.25) is 14.5 Å². The lowest BCUT2D eigenvalue weighted by Gasteiger charge is -2.47. The molecule has 0 bridgehead atoms. The molecule has 3 fully saturated rings. The smallest absolute Gasteiger partial charge is 0.248 e. The maximum absolute atomic E-state index is 12.7. The minimum atomic E-state index is -0.803. The van der Waals surface area contributed by atoms with E-state index in [2.05, 4.69) is 45.2 Å². The maximum atomic E-state index is 12.7. The van der Waals surface area contributed by atoms with Gasteiger partial charge in [-0.15, -0.1) is 0 Å². The van der Waals surface area contributed by atoms with E-state index in [-0.39, 0.29) is 17.9 Å². The second-order valence-electron chi connectivity index (χ2n) is 10.2. The molecule has 2 aliphatic heterocycles. The number of piperazine rings is 2. The molecule has 31 heavy (non-hydrogen) atoms. The fourth-order valence-corrected chi connectivity index (χ4v) is 5.74. The van der Waals surface area contributed by atoms with Crippen molar-refractivity contribution in [3.63, 3.8) is 0 Å². The zero-order valence-electron chi connectivity index (χ0n) is 18.8. The first-order valence-corrected chi connectivity index (χ1v) is 11.8. The largest absolute Gasteiger partial charge is 0.347 e. The third kappa shape index (κ3) is 3.86. The molecule has 1 aromatic carbocycles. The quantitative estimate of drug-likeness (QED) is 0.824. The minimum Gasteiger partial charge on any atom is -0.347 e. The molecule has 1 aliphatic carbocycles. The van der Waals surface area contributed by atoms with E-state index in [1.54, 1.807) is 18.7 Å². The number of nitrogens with one attached hydrogen (secondary N) is 1. The lowest BCUT2D eigenvalue weighted by Crippen LogP contribution is -2.72. The maximum Gasteiger partial charge on any atom is 0.248 e. The van der Waals surface area contributed by atoms with Crippen LogP contribution in [0.2, 0.25) is 0 Å². The number of carbonyl (C=O) groups is 2. The number of rotatable bonds is 4. The average Bonchev–Trinajstić information content (AvgIpc) is 3.10. The molecule has 1 atom stereocenters. The Labute approximate surface area is 184 Å². The fraction of sp³-hybridized carbons (Fsp3) is 0.600. The molecule has 1 aromatic heterocycles. The minimum absolute atomic E-state index is 0.0286. The highest BCUT2D eigenvalue weighted by Gasteiger charge is 2.47. The van der Waals surface area contributed by atoms with Gasteiger partial charge in [0.15, 0.2) is 0 Å². The highest BCUT2D eigenvalue weighted by Crippen LogP contribution is 2.30. The van der Waals surface area contributed by atoms with Crippen LogP contribution >= 0.6 is 0 Å². The van der Waals surface area contributed by atoms with Crippen LogP contribution in [0.1, 0.15) is 51.5 Å². The Kier molecular flexibility index (Phi) is 5.29. The summed E-state index contributed by atoms with van der Waals surface area (Å²) in [6.45, 7) is 7.49. The average molecular weight is 423 g/mol. The van der Waals surface area contributed by atoms with Gasteiger partial charge in [-0.05, 0) is 44.2 Å². The van der Waals surface area contributed by atoms with Crippen molar-refractivity contribution in [2.75, 3.05) is 19.6 Å². The number of carbonyl (C=O) groups excluding carboxylic acids is 2. The van der Waals surface area contributed by atoms with Crippen molar-refractivity contribution in [3.8, 4) is 0 Å². The van der Waals surface area contributed by atoms with Crippen molar-refractivity contribution in [2.45, 2.75) is 70.6 Å². The molecule has 2 aromatic rings. The molecule has 2 amide bonds. The number of hydrogen-bond acceptors (Lipinski definition) is 3. The first kappa shape index (κ1) is 20.6. The summed E-state index contributed by atoms with van der Waals surface area (Å²) < 4.78 is 2.45. The van der Waals surface area contributed by atoms with E-state index in [0.29, 0.717) is 13.1 Å². The Morgan fingerprint density at radius 2 is 1.84 bits per heavy atom. The van der Waals surface area contributed by atoms with Crippen LogP contribution in [0.15, 0.2) is 30.5 Å². The fourth-order valence-electron chi connectivity index (χ4n) is 5.74. The van der Waals surface area contributed by atoms with E-state index in [1.165, 1.54) is 48.6 Å². The van der Waals surface area contributed by atoms with Gasteiger partial charge in [-0.25, -0.2) is 0 Å². The molecule has 2 saturated heterocycles. The normalized spacial score (nSPS) is 25.0. The van der Waals surface area contributed by atoms with Crippen molar-refractivity contribution in [3.05, 3.63) is 36.0 Å². The van der Waals surface area contributed by atoms with E-state index in [4.69, 9.17) is 0 Å². The van der Waals surface area contributed by atoms with Crippen LogP contribution in [0, 0.1) is 5.92 Å². The number of fused-ring (bicyclic) bond motifs is 2. The number of para-hydroxylation sites is 1. The number of nitrogens with zero attached hydrogens (tertiary/aromatic N) is 3. The van der Waals surface area contributed by atoms with Crippen LogP contribution in [-0.2, 0) is 22.7 Å². The van der Waals surface area contributed by atoms with Crippen molar-refractivity contribution < 1.29 is 9.59 Å². The summed E-state index contributed by atoms with van der Waals surface area (Å²) in [4.78, 5) is 29.6. The van der Waals surface area contributed by atoms with Gasteiger partial charge < -0.3 is 14.8 Å². The van der Waals surface area contributed by atoms with Gasteiger partial charge in [-0.1, -0.05) is 37.5 Å². The van der Waals surface area contributed by atoms with E-state index >= 15 is 0 Å². The first-order valence-electron chi connectivity index (χ1n) is 11.8. The molecule has 1 unspecified atom stereocenters. The Hall–Kier alpha value is -2.34. The molecular formula is C25H34N4O2. The molecule has 3 aliphatic rings. The molecule has 1 saturated carbocycles. The Morgan fingerprint density at radius 1 is 1.06 bits per heavy atom. The van der Waals surface area contributed by atoms with Gasteiger partial charge >= 0.3 is 0 Å². The number of benzene rings is 1. The SMILES string of the molecule is CC1(C)NC(=O)C2CN(Cc3cn(CC4CCCCC4)c4ccccc34)CCN2C1=O. The lowest BCUT2D eigenvalue weighted by molar-refractivity contribution is -0.157. The molecular weight excluding hydrogens is 388 g/mol. The highest BCUT2D eigenvalue weighted by atomic mass is 16.2. The van der Waals surface area contributed by atoms with Gasteiger partial charge in [0.05, 0.1) is 0 Å². The van der Waals surface area contributed by atoms with Gasteiger partial charge in [0.1, 0.15) is 11.6 Å². The van der Waals surface area contributed by atoms with Crippen molar-refractivity contribution in [2.24, 2.45) is 5.92 Å². The van der Waals surface area contributed by atoms with Crippen molar-refractivity contribution in [1.82, 2.24) is 19.7 Å². The second kappa shape index (κ2) is 7.97. The van der Waals surface area contributed by atoms with E-state index in [9.17, 15) is 9.59 Å². The Bertz CT molecular complexity index is 989. The van der Waals surface area contributed by atoms with E-state index in [1.807, 2.05) is 0 Å². The van der Waals surface area contributed by atoms with Crippen LogP contribution in [-0.4, -0.2) is 57.4 Å². The van der Waals surface area contributed by atoms with Gasteiger partial charge in [0, 0.05) is 49.8 Å². The summed E-state index contributed by atoms with van der Waals surface area (Å²) in [6.07, 6.45) is 9.12. The van der Waals surface area contributed by atoms with Crippen LogP contribution in [0.25, 0.3) is 10.9 Å². The van der Waals surface area contributed by atoms with Crippen molar-refractivity contribution >= 4 is 22.7 Å². The molecule has 5 rings (SSSR count). The molecule has 6 heteroatoms. The predicted octanol–water partition coefficient (Wildman–Crippen LogP) is 3.14. The summed E-state index contributed by atoms with van der Waals surface area (Å²) in [7, 11) is 0. The zero-order valence-corrected chi connectivity index (χ0v) is 18.8.